The quantitative estimate of drug-likeness (QED) is 0.811. The summed E-state index contributed by atoms with van der Waals surface area (Å²) in [5.74, 6) is 1.67. The van der Waals surface area contributed by atoms with Crippen molar-refractivity contribution in [2.24, 2.45) is 11.8 Å². The molecule has 0 aromatic rings. The minimum absolute atomic E-state index is 0.207. The number of morpholine rings is 1. The molecule has 0 spiro atoms. The summed E-state index contributed by atoms with van der Waals surface area (Å²) >= 11 is 0. The minimum atomic E-state index is 0.207. The third-order valence-electron chi connectivity index (χ3n) is 5.64. The Bertz CT molecular complexity index is 228. The molecule has 3 fully saturated rings. The molecule has 0 bridgehead atoms. The van der Waals surface area contributed by atoms with E-state index >= 15 is 0 Å². The molecule has 0 radical (unpaired) electrons. The second kappa shape index (κ2) is 5.92. The monoisotopic (exact) mass is 251 g/mol. The highest BCUT2D eigenvalue weighted by Gasteiger charge is 2.47. The van der Waals surface area contributed by atoms with Gasteiger partial charge in [0.15, 0.2) is 0 Å². The molecule has 2 saturated carbocycles. The summed E-state index contributed by atoms with van der Waals surface area (Å²) in [7, 11) is 0. The lowest BCUT2D eigenvalue weighted by atomic mass is 9.66. The minimum Gasteiger partial charge on any atom is -0.372 e. The molecule has 1 saturated heterocycles. The maximum Gasteiger partial charge on any atom is 0.0862 e. The van der Waals surface area contributed by atoms with Crippen LogP contribution >= 0.6 is 0 Å². The van der Waals surface area contributed by atoms with E-state index in [0.717, 1.165) is 31.5 Å². The summed E-state index contributed by atoms with van der Waals surface area (Å²) in [5, 5.41) is 3.65. The Labute approximate surface area is 112 Å². The van der Waals surface area contributed by atoms with E-state index in [9.17, 15) is 0 Å². The molecule has 2 aliphatic carbocycles. The lowest BCUT2D eigenvalue weighted by molar-refractivity contribution is -0.155. The highest BCUT2D eigenvalue weighted by molar-refractivity contribution is 4.99. The van der Waals surface area contributed by atoms with E-state index in [1.54, 1.807) is 0 Å². The van der Waals surface area contributed by atoms with Gasteiger partial charge in [0.2, 0.25) is 0 Å². The van der Waals surface area contributed by atoms with E-state index < -0.39 is 0 Å². The maximum absolute atomic E-state index is 6.48. The molecule has 18 heavy (non-hydrogen) atoms. The number of hydrogen-bond donors (Lipinski definition) is 1. The molecule has 1 N–H and O–H groups in total. The van der Waals surface area contributed by atoms with Crippen molar-refractivity contribution >= 4 is 0 Å². The van der Waals surface area contributed by atoms with Crippen LogP contribution in [0.15, 0.2) is 0 Å². The Kier molecular flexibility index (Phi) is 4.25. The van der Waals surface area contributed by atoms with E-state index in [-0.39, 0.29) is 5.60 Å². The molecule has 0 atom stereocenters. The normalized spacial score (nSPS) is 31.3. The molecule has 3 rings (SSSR count). The van der Waals surface area contributed by atoms with Gasteiger partial charge in [-0.05, 0) is 37.5 Å². The van der Waals surface area contributed by atoms with Gasteiger partial charge in [0, 0.05) is 13.1 Å². The van der Waals surface area contributed by atoms with Crippen LogP contribution in [0.2, 0.25) is 0 Å². The van der Waals surface area contributed by atoms with Crippen LogP contribution in [0.1, 0.15) is 64.2 Å². The number of rotatable bonds is 2. The van der Waals surface area contributed by atoms with Crippen LogP contribution in [0.3, 0.4) is 0 Å². The molecule has 0 unspecified atom stereocenters. The molecule has 1 heterocycles. The summed E-state index contributed by atoms with van der Waals surface area (Å²) in [6.07, 6.45) is 14.3. The first-order chi connectivity index (χ1) is 8.92. The standard InChI is InChI=1S/C16H29NO/c1-3-7-14(8-4-1)16(13-17-11-12-18-16)15-9-5-2-6-10-15/h14-15,17H,1-13H2. The first-order valence-corrected chi connectivity index (χ1v) is 8.26. The third-order valence-corrected chi connectivity index (χ3v) is 5.64. The Morgan fingerprint density at radius 1 is 0.778 bits per heavy atom. The average molecular weight is 251 g/mol. The van der Waals surface area contributed by atoms with Crippen LogP contribution in [-0.2, 0) is 4.74 Å². The van der Waals surface area contributed by atoms with Crippen LogP contribution in [0.4, 0.5) is 0 Å². The predicted octanol–water partition coefficient (Wildman–Crippen LogP) is 3.51. The van der Waals surface area contributed by atoms with Crippen molar-refractivity contribution in [1.29, 1.82) is 0 Å². The maximum atomic E-state index is 6.48. The van der Waals surface area contributed by atoms with Crippen LogP contribution in [0.5, 0.6) is 0 Å². The van der Waals surface area contributed by atoms with Gasteiger partial charge in [-0.2, -0.15) is 0 Å². The highest BCUT2D eigenvalue weighted by atomic mass is 16.5. The van der Waals surface area contributed by atoms with Crippen molar-refractivity contribution in [3.63, 3.8) is 0 Å². The molecule has 2 nitrogen and oxygen atoms in total. The van der Waals surface area contributed by atoms with Crippen LogP contribution in [0, 0.1) is 11.8 Å². The summed E-state index contributed by atoms with van der Waals surface area (Å²) in [6, 6.07) is 0. The smallest absolute Gasteiger partial charge is 0.0862 e. The van der Waals surface area contributed by atoms with E-state index in [1.165, 1.54) is 64.2 Å². The fourth-order valence-corrected chi connectivity index (χ4v) is 4.69. The van der Waals surface area contributed by atoms with Crippen molar-refractivity contribution in [1.82, 2.24) is 5.32 Å². The Morgan fingerprint density at radius 3 is 1.78 bits per heavy atom. The second-order valence-electron chi connectivity index (χ2n) is 6.65. The lowest BCUT2D eigenvalue weighted by Gasteiger charge is -2.51. The predicted molar refractivity (Wildman–Crippen MR) is 74.7 cm³/mol. The molecule has 1 aliphatic heterocycles. The fourth-order valence-electron chi connectivity index (χ4n) is 4.69. The van der Waals surface area contributed by atoms with Gasteiger partial charge in [0.05, 0.1) is 12.2 Å². The van der Waals surface area contributed by atoms with E-state index in [0.29, 0.717) is 0 Å². The molecule has 0 aromatic heterocycles. The largest absolute Gasteiger partial charge is 0.372 e. The number of nitrogens with one attached hydrogen (secondary N) is 1. The van der Waals surface area contributed by atoms with Crippen molar-refractivity contribution in [3.8, 4) is 0 Å². The molecular weight excluding hydrogens is 222 g/mol. The van der Waals surface area contributed by atoms with Crippen LogP contribution < -0.4 is 5.32 Å². The molecule has 0 aromatic carbocycles. The second-order valence-corrected chi connectivity index (χ2v) is 6.65. The van der Waals surface area contributed by atoms with E-state index in [4.69, 9.17) is 4.74 Å². The lowest BCUT2D eigenvalue weighted by Crippen LogP contribution is -2.59. The third kappa shape index (κ3) is 2.46. The molecular formula is C16H29NO. The van der Waals surface area contributed by atoms with Gasteiger partial charge in [0.25, 0.3) is 0 Å². The zero-order valence-corrected chi connectivity index (χ0v) is 11.8. The van der Waals surface area contributed by atoms with Crippen LogP contribution in [0.25, 0.3) is 0 Å². The zero-order chi connectivity index (χ0) is 12.3. The van der Waals surface area contributed by atoms with Gasteiger partial charge >= 0.3 is 0 Å². The Morgan fingerprint density at radius 2 is 1.33 bits per heavy atom. The topological polar surface area (TPSA) is 21.3 Å². The summed E-state index contributed by atoms with van der Waals surface area (Å²) in [5.41, 5.74) is 0.207. The molecule has 0 amide bonds. The van der Waals surface area contributed by atoms with Gasteiger partial charge < -0.3 is 10.1 Å². The van der Waals surface area contributed by atoms with Gasteiger partial charge in [-0.25, -0.2) is 0 Å². The van der Waals surface area contributed by atoms with Crippen molar-refractivity contribution in [2.75, 3.05) is 19.7 Å². The Balaban J connectivity index is 1.77. The van der Waals surface area contributed by atoms with Crippen molar-refractivity contribution < 1.29 is 4.74 Å². The van der Waals surface area contributed by atoms with E-state index in [2.05, 4.69) is 5.32 Å². The first kappa shape index (κ1) is 12.9. The van der Waals surface area contributed by atoms with E-state index in [1.807, 2.05) is 0 Å². The molecule has 3 aliphatic rings. The van der Waals surface area contributed by atoms with Crippen molar-refractivity contribution in [3.05, 3.63) is 0 Å². The fraction of sp³-hybridized carbons (Fsp3) is 1.00. The first-order valence-electron chi connectivity index (χ1n) is 8.26. The van der Waals surface area contributed by atoms with Crippen molar-refractivity contribution in [2.45, 2.75) is 69.8 Å². The van der Waals surface area contributed by atoms with Gasteiger partial charge in [0.1, 0.15) is 0 Å². The summed E-state index contributed by atoms with van der Waals surface area (Å²) < 4.78 is 6.48. The van der Waals surface area contributed by atoms with Gasteiger partial charge in [-0.1, -0.05) is 38.5 Å². The molecule has 104 valence electrons. The van der Waals surface area contributed by atoms with Crippen LogP contribution in [-0.4, -0.2) is 25.3 Å². The number of hydrogen-bond acceptors (Lipinski definition) is 2. The SMILES string of the molecule is C1CCC(C2(C3CCCCC3)CNCCO2)CC1. The highest BCUT2D eigenvalue weighted by Crippen LogP contribution is 2.45. The Hall–Kier alpha value is -0.0800. The van der Waals surface area contributed by atoms with Gasteiger partial charge in [-0.15, -0.1) is 0 Å². The summed E-state index contributed by atoms with van der Waals surface area (Å²) in [4.78, 5) is 0. The summed E-state index contributed by atoms with van der Waals surface area (Å²) in [6.45, 7) is 3.12. The van der Waals surface area contributed by atoms with Gasteiger partial charge in [-0.3, -0.25) is 0 Å². The zero-order valence-electron chi connectivity index (χ0n) is 11.8. The molecule has 2 heteroatoms. The average Bonchev–Trinajstić information content (AvgIpc) is 2.50. The number of ether oxygens (including phenoxy) is 1.